The molecule has 18 heavy (non-hydrogen) atoms. The Balaban J connectivity index is 2.29. The molecule has 0 amide bonds. The van der Waals surface area contributed by atoms with Crippen molar-refractivity contribution in [2.24, 2.45) is 0 Å². The van der Waals surface area contributed by atoms with Crippen molar-refractivity contribution < 1.29 is 4.74 Å². The van der Waals surface area contributed by atoms with E-state index in [1.54, 1.807) is 7.11 Å². The molecule has 0 unspecified atom stereocenters. The van der Waals surface area contributed by atoms with Gasteiger partial charge in [0.15, 0.2) is 0 Å². The molecule has 90 valence electrons. The molecule has 0 aromatic heterocycles. The number of rotatable bonds is 3. The van der Waals surface area contributed by atoms with Gasteiger partial charge in [-0.05, 0) is 36.4 Å². The Morgan fingerprint density at radius 1 is 1.06 bits per heavy atom. The number of methoxy groups -OCH3 is 1. The lowest BCUT2D eigenvalue weighted by molar-refractivity contribution is 0.415. The van der Waals surface area contributed by atoms with Crippen molar-refractivity contribution in [3.05, 3.63) is 54.1 Å². The second-order valence-electron chi connectivity index (χ2n) is 3.92. The van der Waals surface area contributed by atoms with Gasteiger partial charge in [-0.3, -0.25) is 0 Å². The van der Waals surface area contributed by atoms with Crippen LogP contribution in [0.25, 0.3) is 0 Å². The Bertz CT molecular complexity index is 570. The van der Waals surface area contributed by atoms with Gasteiger partial charge in [-0.25, -0.2) is 0 Å². The van der Waals surface area contributed by atoms with Crippen LogP contribution in [0, 0.1) is 11.3 Å². The lowest BCUT2D eigenvalue weighted by Gasteiger charge is -2.20. The van der Waals surface area contributed by atoms with E-state index in [2.05, 4.69) is 6.07 Å². The standard InChI is InChI=1S/C15H14N2O/c1-17(13-8-6-12(11-16)7-9-13)14-4-3-5-15(10-14)18-2/h3-10H,1-2H3. The number of hydrogen-bond acceptors (Lipinski definition) is 3. The van der Waals surface area contributed by atoms with Gasteiger partial charge in [0.05, 0.1) is 18.7 Å². The highest BCUT2D eigenvalue weighted by molar-refractivity contribution is 5.64. The van der Waals surface area contributed by atoms with E-state index in [9.17, 15) is 0 Å². The smallest absolute Gasteiger partial charge is 0.120 e. The largest absolute Gasteiger partial charge is 0.497 e. The first kappa shape index (κ1) is 12.0. The van der Waals surface area contributed by atoms with Crippen LogP contribution in [0.4, 0.5) is 11.4 Å². The van der Waals surface area contributed by atoms with Crippen molar-refractivity contribution in [1.29, 1.82) is 5.26 Å². The van der Waals surface area contributed by atoms with E-state index in [0.29, 0.717) is 5.56 Å². The van der Waals surface area contributed by atoms with Crippen LogP contribution in [0.1, 0.15) is 5.56 Å². The van der Waals surface area contributed by atoms with Gasteiger partial charge in [-0.2, -0.15) is 5.26 Å². The SMILES string of the molecule is COc1cccc(N(C)c2ccc(C#N)cc2)c1. The van der Waals surface area contributed by atoms with E-state index in [1.807, 2.05) is 60.5 Å². The van der Waals surface area contributed by atoms with Crippen LogP contribution in [0.3, 0.4) is 0 Å². The summed E-state index contributed by atoms with van der Waals surface area (Å²) in [5.41, 5.74) is 2.74. The van der Waals surface area contributed by atoms with E-state index in [-0.39, 0.29) is 0 Å². The first-order valence-corrected chi connectivity index (χ1v) is 5.62. The zero-order valence-corrected chi connectivity index (χ0v) is 10.4. The van der Waals surface area contributed by atoms with Crippen LogP contribution in [-0.2, 0) is 0 Å². The summed E-state index contributed by atoms with van der Waals surface area (Å²) >= 11 is 0. The van der Waals surface area contributed by atoms with Crippen molar-refractivity contribution in [3.8, 4) is 11.8 Å². The number of ether oxygens (including phenoxy) is 1. The monoisotopic (exact) mass is 238 g/mol. The molecule has 0 fully saturated rings. The predicted octanol–water partition coefficient (Wildman–Crippen LogP) is 3.33. The second-order valence-corrected chi connectivity index (χ2v) is 3.92. The molecule has 0 bridgehead atoms. The normalized spacial score (nSPS) is 9.61. The third-order valence-electron chi connectivity index (χ3n) is 2.82. The highest BCUT2D eigenvalue weighted by Gasteiger charge is 2.04. The van der Waals surface area contributed by atoms with Crippen LogP contribution in [-0.4, -0.2) is 14.2 Å². The molecule has 0 atom stereocenters. The van der Waals surface area contributed by atoms with Crippen molar-refractivity contribution in [3.63, 3.8) is 0 Å². The molecule has 0 aliphatic rings. The molecule has 0 radical (unpaired) electrons. The number of nitriles is 1. The minimum atomic E-state index is 0.665. The van der Waals surface area contributed by atoms with Crippen molar-refractivity contribution in [2.75, 3.05) is 19.1 Å². The molecule has 3 nitrogen and oxygen atoms in total. The quantitative estimate of drug-likeness (QED) is 0.822. The van der Waals surface area contributed by atoms with E-state index in [4.69, 9.17) is 10.00 Å². The van der Waals surface area contributed by atoms with Gasteiger partial charge in [0.2, 0.25) is 0 Å². The first-order chi connectivity index (χ1) is 8.74. The Labute approximate surface area is 107 Å². The molecule has 0 aliphatic carbocycles. The van der Waals surface area contributed by atoms with Gasteiger partial charge in [0.1, 0.15) is 5.75 Å². The molecule has 0 aliphatic heterocycles. The molecule has 0 saturated carbocycles. The van der Waals surface area contributed by atoms with Crippen molar-refractivity contribution in [1.82, 2.24) is 0 Å². The van der Waals surface area contributed by atoms with Gasteiger partial charge >= 0.3 is 0 Å². The van der Waals surface area contributed by atoms with Gasteiger partial charge in [-0.15, -0.1) is 0 Å². The highest BCUT2D eigenvalue weighted by atomic mass is 16.5. The van der Waals surface area contributed by atoms with Gasteiger partial charge < -0.3 is 9.64 Å². The molecule has 2 aromatic rings. The summed E-state index contributed by atoms with van der Waals surface area (Å²) in [6.45, 7) is 0. The summed E-state index contributed by atoms with van der Waals surface area (Å²) in [6, 6.07) is 17.4. The van der Waals surface area contributed by atoms with E-state index < -0.39 is 0 Å². The second kappa shape index (κ2) is 5.24. The van der Waals surface area contributed by atoms with E-state index in [1.165, 1.54) is 0 Å². The molecule has 2 rings (SSSR count). The van der Waals surface area contributed by atoms with Crippen LogP contribution in [0.2, 0.25) is 0 Å². The fourth-order valence-electron chi connectivity index (χ4n) is 1.73. The van der Waals surface area contributed by atoms with E-state index >= 15 is 0 Å². The maximum Gasteiger partial charge on any atom is 0.120 e. The molecule has 0 saturated heterocycles. The lowest BCUT2D eigenvalue weighted by atomic mass is 10.2. The van der Waals surface area contributed by atoms with Crippen molar-refractivity contribution in [2.45, 2.75) is 0 Å². The molecule has 0 spiro atoms. The van der Waals surface area contributed by atoms with Crippen LogP contribution in [0.5, 0.6) is 5.75 Å². The number of nitrogens with zero attached hydrogens (tertiary/aromatic N) is 2. The minimum absolute atomic E-state index is 0.665. The van der Waals surface area contributed by atoms with Gasteiger partial charge in [0.25, 0.3) is 0 Å². The van der Waals surface area contributed by atoms with Gasteiger partial charge in [0, 0.05) is 24.5 Å². The lowest BCUT2D eigenvalue weighted by Crippen LogP contribution is -2.09. The summed E-state index contributed by atoms with van der Waals surface area (Å²) < 4.78 is 5.21. The Morgan fingerprint density at radius 3 is 2.39 bits per heavy atom. The first-order valence-electron chi connectivity index (χ1n) is 5.62. The number of hydrogen-bond donors (Lipinski definition) is 0. The fraction of sp³-hybridized carbons (Fsp3) is 0.133. The van der Waals surface area contributed by atoms with E-state index in [0.717, 1.165) is 17.1 Å². The van der Waals surface area contributed by atoms with Crippen molar-refractivity contribution >= 4 is 11.4 Å². The molecule has 2 aromatic carbocycles. The Hall–Kier alpha value is -2.47. The van der Waals surface area contributed by atoms with Crippen LogP contribution < -0.4 is 9.64 Å². The summed E-state index contributed by atoms with van der Waals surface area (Å²) in [4.78, 5) is 2.05. The summed E-state index contributed by atoms with van der Waals surface area (Å²) in [6.07, 6.45) is 0. The molecular weight excluding hydrogens is 224 g/mol. The minimum Gasteiger partial charge on any atom is -0.497 e. The predicted molar refractivity (Wildman–Crippen MR) is 72.2 cm³/mol. The highest BCUT2D eigenvalue weighted by Crippen LogP contribution is 2.26. The van der Waals surface area contributed by atoms with Gasteiger partial charge in [-0.1, -0.05) is 6.07 Å². The third-order valence-corrected chi connectivity index (χ3v) is 2.82. The summed E-state index contributed by atoms with van der Waals surface area (Å²) in [5.74, 6) is 0.827. The average Bonchev–Trinajstić information content (AvgIpc) is 2.46. The number of benzene rings is 2. The maximum absolute atomic E-state index is 8.77. The Kier molecular flexibility index (Phi) is 3.49. The molecule has 3 heteroatoms. The summed E-state index contributed by atoms with van der Waals surface area (Å²) in [5, 5.41) is 8.77. The molecule has 0 heterocycles. The maximum atomic E-state index is 8.77. The van der Waals surface area contributed by atoms with Crippen LogP contribution >= 0.6 is 0 Å². The fourth-order valence-corrected chi connectivity index (χ4v) is 1.73. The topological polar surface area (TPSA) is 36.3 Å². The third kappa shape index (κ3) is 2.44. The molecule has 0 N–H and O–H groups in total. The summed E-state index contributed by atoms with van der Waals surface area (Å²) in [7, 11) is 3.64. The average molecular weight is 238 g/mol. The number of anilines is 2. The zero-order valence-electron chi connectivity index (χ0n) is 10.4. The van der Waals surface area contributed by atoms with Crippen LogP contribution in [0.15, 0.2) is 48.5 Å². The Morgan fingerprint density at radius 2 is 1.78 bits per heavy atom. The zero-order chi connectivity index (χ0) is 13.0. The molecular formula is C15H14N2O.